The summed E-state index contributed by atoms with van der Waals surface area (Å²) in [5, 5.41) is 22.4. The number of aliphatic hydroxyl groups excluding tert-OH is 1. The largest absolute Gasteiger partial charge is 0.545 e. The zero-order chi connectivity index (χ0) is 18.0. The third-order valence-electron chi connectivity index (χ3n) is 8.08. The van der Waals surface area contributed by atoms with Gasteiger partial charge in [-0.15, -0.1) is 0 Å². The monoisotopic (exact) mass is 347 g/mol. The Hall–Kier alpha value is -1.40. The molecule has 0 aromatic carbocycles. The Bertz CT molecular complexity index is 673. The third kappa shape index (κ3) is 1.98. The van der Waals surface area contributed by atoms with E-state index in [1.807, 2.05) is 0 Å². The van der Waals surface area contributed by atoms with Crippen LogP contribution in [0, 0.1) is 22.7 Å². The molecule has 4 rings (SSSR count). The first-order chi connectivity index (χ1) is 11.9. The molecule has 6 nitrogen and oxygen atoms in total. The molecule has 0 amide bonds. The molecule has 6 atom stereocenters. The Kier molecular flexibility index (Phi) is 3.78. The average molecular weight is 347 g/mol. The zero-order valence-corrected chi connectivity index (χ0v) is 15.2. The molecule has 0 radical (unpaired) electrons. The summed E-state index contributed by atoms with van der Waals surface area (Å²) in [5.41, 5.74) is 7.19. The van der Waals surface area contributed by atoms with E-state index in [0.29, 0.717) is 24.2 Å². The number of guanidine groups is 1. The fourth-order valence-electron chi connectivity index (χ4n) is 7.18. The van der Waals surface area contributed by atoms with Gasteiger partial charge >= 0.3 is 0 Å². The SMILES string of the molecule is CN=C(N)[NH+]1CCCC2(C1)C1CCC(C)C23CC(O)C(C(=O)[O-])=C3C1. The Labute approximate surface area is 148 Å². The van der Waals surface area contributed by atoms with E-state index in [9.17, 15) is 15.0 Å². The summed E-state index contributed by atoms with van der Waals surface area (Å²) in [7, 11) is 1.73. The number of aliphatic hydroxyl groups is 1. The highest BCUT2D eigenvalue weighted by atomic mass is 16.4. The number of rotatable bonds is 1. The van der Waals surface area contributed by atoms with Crippen LogP contribution in [0.15, 0.2) is 16.1 Å². The number of nitrogens with two attached hydrogens (primary N) is 1. The van der Waals surface area contributed by atoms with Gasteiger partial charge in [0.25, 0.3) is 5.96 Å². The summed E-state index contributed by atoms with van der Waals surface area (Å²) in [6.45, 7) is 4.14. The number of nitrogens with one attached hydrogen (secondary N) is 1. The fourth-order valence-corrected chi connectivity index (χ4v) is 7.18. The van der Waals surface area contributed by atoms with Crippen LogP contribution < -0.4 is 15.7 Å². The molecule has 0 aromatic heterocycles. The Balaban J connectivity index is 1.86. The van der Waals surface area contributed by atoms with Crippen LogP contribution in [0.25, 0.3) is 0 Å². The van der Waals surface area contributed by atoms with Crippen LogP contribution in [0.5, 0.6) is 0 Å². The van der Waals surface area contributed by atoms with Crippen molar-refractivity contribution in [3.63, 3.8) is 0 Å². The number of carbonyl (C=O) groups excluding carboxylic acids is 1. The molecule has 4 N–H and O–H groups in total. The molecule has 1 aliphatic heterocycles. The highest BCUT2D eigenvalue weighted by Gasteiger charge is 2.71. The van der Waals surface area contributed by atoms with Gasteiger partial charge in [-0.25, -0.2) is 4.99 Å². The van der Waals surface area contributed by atoms with Crippen LogP contribution in [0.4, 0.5) is 0 Å². The number of aliphatic carboxylic acids is 1. The zero-order valence-electron chi connectivity index (χ0n) is 15.2. The van der Waals surface area contributed by atoms with Gasteiger partial charge in [-0.3, -0.25) is 4.90 Å². The molecule has 1 heterocycles. The summed E-state index contributed by atoms with van der Waals surface area (Å²) < 4.78 is 0. The number of likely N-dealkylation sites (tertiary alicyclic amines) is 1. The summed E-state index contributed by atoms with van der Waals surface area (Å²) in [4.78, 5) is 17.2. The minimum absolute atomic E-state index is 0.0288. The van der Waals surface area contributed by atoms with E-state index in [0.717, 1.165) is 50.8 Å². The van der Waals surface area contributed by atoms with Crippen LogP contribution >= 0.6 is 0 Å². The second-order valence-electron chi connectivity index (χ2n) is 8.65. The average Bonchev–Trinajstić information content (AvgIpc) is 2.95. The van der Waals surface area contributed by atoms with Gasteiger partial charge in [0, 0.05) is 23.5 Å². The summed E-state index contributed by atoms with van der Waals surface area (Å²) in [6.07, 6.45) is 4.87. The number of carbonyl (C=O) groups is 1. The van der Waals surface area contributed by atoms with E-state index < -0.39 is 12.1 Å². The molecule has 0 aromatic rings. The smallest absolute Gasteiger partial charge is 0.293 e. The van der Waals surface area contributed by atoms with Crippen molar-refractivity contribution < 1.29 is 19.9 Å². The number of carboxylic acid groups (broad SMARTS) is 1. The minimum atomic E-state index is -1.18. The fraction of sp³-hybridized carbons (Fsp3) is 0.789. The molecule has 6 heteroatoms. The topological polar surface area (TPSA) is 103 Å². The van der Waals surface area contributed by atoms with Gasteiger partial charge in [-0.2, -0.15) is 0 Å². The van der Waals surface area contributed by atoms with Crippen molar-refractivity contribution in [3.05, 3.63) is 11.1 Å². The normalized spacial score (nSPS) is 46.6. The number of piperidine rings is 1. The Morgan fingerprint density at radius 2 is 2.20 bits per heavy atom. The van der Waals surface area contributed by atoms with Gasteiger partial charge in [0.1, 0.15) is 0 Å². The molecular weight excluding hydrogens is 318 g/mol. The molecule has 6 unspecified atom stereocenters. The maximum absolute atomic E-state index is 11.8. The highest BCUT2D eigenvalue weighted by molar-refractivity contribution is 5.88. The van der Waals surface area contributed by atoms with Crippen molar-refractivity contribution in [1.82, 2.24) is 0 Å². The van der Waals surface area contributed by atoms with Crippen molar-refractivity contribution in [2.45, 2.75) is 51.6 Å². The van der Waals surface area contributed by atoms with Gasteiger partial charge in [-0.1, -0.05) is 12.5 Å². The van der Waals surface area contributed by atoms with Gasteiger partial charge in [0.05, 0.1) is 25.2 Å². The van der Waals surface area contributed by atoms with Crippen LogP contribution in [0.3, 0.4) is 0 Å². The first-order valence-electron chi connectivity index (χ1n) is 9.57. The molecule has 25 heavy (non-hydrogen) atoms. The van der Waals surface area contributed by atoms with Crippen molar-refractivity contribution in [2.75, 3.05) is 20.1 Å². The lowest BCUT2D eigenvalue weighted by molar-refractivity contribution is -0.826. The van der Waals surface area contributed by atoms with E-state index >= 15 is 0 Å². The molecule has 1 saturated heterocycles. The van der Waals surface area contributed by atoms with Crippen LogP contribution in [-0.4, -0.2) is 43.3 Å². The molecule has 3 fully saturated rings. The van der Waals surface area contributed by atoms with Gasteiger partial charge < -0.3 is 20.7 Å². The number of hydrogen-bond donors (Lipinski definition) is 3. The number of allylic oxidation sites excluding steroid dienone is 1. The van der Waals surface area contributed by atoms with Crippen molar-refractivity contribution >= 4 is 11.9 Å². The molecule has 2 saturated carbocycles. The molecule has 2 spiro atoms. The quantitative estimate of drug-likeness (QED) is 0.411. The maximum Gasteiger partial charge on any atom is 0.293 e. The van der Waals surface area contributed by atoms with E-state index in [2.05, 4.69) is 11.9 Å². The van der Waals surface area contributed by atoms with Gasteiger partial charge in [-0.05, 0) is 50.4 Å². The number of hydrogen-bond acceptors (Lipinski definition) is 4. The third-order valence-corrected chi connectivity index (χ3v) is 8.08. The lowest BCUT2D eigenvalue weighted by Gasteiger charge is -2.56. The maximum atomic E-state index is 11.8. The number of quaternary nitrogens is 1. The van der Waals surface area contributed by atoms with E-state index in [1.54, 1.807) is 7.05 Å². The van der Waals surface area contributed by atoms with Gasteiger partial charge in [0.15, 0.2) is 0 Å². The lowest BCUT2D eigenvalue weighted by atomic mass is 9.49. The number of carboxylic acids is 1. The first kappa shape index (κ1) is 17.0. The standard InChI is InChI=1S/C19H29N3O3/c1-11-4-5-12-8-13-15(16(24)25)14(23)9-19(11,13)18(12)6-3-7-22(10-18)17(20)21-2/h11-12,14,23H,3-10H2,1-2H3,(H2,20,21)(H,24,25). The molecule has 138 valence electrons. The predicted octanol–water partition coefficient (Wildman–Crippen LogP) is -1.16. The van der Waals surface area contributed by atoms with E-state index in [1.165, 1.54) is 4.90 Å². The van der Waals surface area contributed by atoms with Crippen molar-refractivity contribution in [1.29, 1.82) is 0 Å². The lowest BCUT2D eigenvalue weighted by Crippen LogP contribution is -3.18. The van der Waals surface area contributed by atoms with Crippen molar-refractivity contribution in [3.8, 4) is 0 Å². The van der Waals surface area contributed by atoms with Crippen LogP contribution in [0.2, 0.25) is 0 Å². The number of nitrogens with zero attached hydrogens (tertiary/aromatic N) is 1. The van der Waals surface area contributed by atoms with E-state index in [-0.39, 0.29) is 16.4 Å². The van der Waals surface area contributed by atoms with Crippen molar-refractivity contribution in [2.24, 2.45) is 33.4 Å². The second kappa shape index (κ2) is 5.55. The first-order valence-corrected chi connectivity index (χ1v) is 9.57. The minimum Gasteiger partial charge on any atom is -0.545 e. The number of aliphatic imine (C=N–C) groups is 1. The molecule has 3 aliphatic carbocycles. The Morgan fingerprint density at radius 3 is 2.88 bits per heavy atom. The van der Waals surface area contributed by atoms with E-state index in [4.69, 9.17) is 5.73 Å². The molecule has 4 aliphatic rings. The molecular formula is C19H29N3O3. The summed E-state index contributed by atoms with van der Waals surface area (Å²) in [6, 6.07) is 0. The second-order valence-corrected chi connectivity index (χ2v) is 8.65. The predicted molar refractivity (Wildman–Crippen MR) is 91.5 cm³/mol. The Morgan fingerprint density at radius 1 is 1.44 bits per heavy atom. The van der Waals surface area contributed by atoms with Crippen LogP contribution in [-0.2, 0) is 4.79 Å². The van der Waals surface area contributed by atoms with Crippen LogP contribution in [0.1, 0.15) is 45.4 Å². The highest BCUT2D eigenvalue weighted by Crippen LogP contribution is 2.74. The van der Waals surface area contributed by atoms with Gasteiger partial charge in [0.2, 0.25) is 0 Å². The summed E-state index contributed by atoms with van der Waals surface area (Å²) >= 11 is 0. The summed E-state index contributed by atoms with van der Waals surface area (Å²) in [5.74, 6) is 0.341. The molecule has 2 bridgehead atoms.